The summed E-state index contributed by atoms with van der Waals surface area (Å²) in [5.74, 6) is 0. The van der Waals surface area contributed by atoms with Crippen LogP contribution in [0.4, 0.5) is 0 Å². The van der Waals surface area contributed by atoms with Gasteiger partial charge in [-0.25, -0.2) is 0 Å². The highest BCUT2D eigenvalue weighted by Gasteiger charge is 2.18. The van der Waals surface area contributed by atoms with Crippen LogP contribution in [0.2, 0.25) is 0 Å². The molecule has 78 valence electrons. The Morgan fingerprint density at radius 2 is 1.46 bits per heavy atom. The minimum Gasteiger partial charge on any atom is -0.311 e. The molecule has 13 heavy (non-hydrogen) atoms. The van der Waals surface area contributed by atoms with Crippen molar-refractivity contribution in [2.45, 2.75) is 70.8 Å². The Kier molecular flexibility index (Phi) is 6.26. The molecule has 1 atom stereocenters. The molecule has 0 aromatic carbocycles. The summed E-state index contributed by atoms with van der Waals surface area (Å²) in [6.07, 6.45) is 13.0. The molecule has 1 aliphatic rings. The molecule has 1 saturated heterocycles. The van der Waals surface area contributed by atoms with Gasteiger partial charge in [0.25, 0.3) is 0 Å². The van der Waals surface area contributed by atoms with Crippen molar-refractivity contribution in [3.8, 4) is 0 Å². The number of nitrogens with one attached hydrogen (secondary N) is 1. The maximum Gasteiger partial charge on any atom is 0.0193 e. The Hall–Kier alpha value is -0.0400. The summed E-state index contributed by atoms with van der Waals surface area (Å²) in [6.45, 7) is 3.57. The van der Waals surface area contributed by atoms with Crippen LogP contribution >= 0.6 is 0 Å². The molecule has 0 aromatic rings. The van der Waals surface area contributed by atoms with Crippen LogP contribution < -0.4 is 5.32 Å². The third kappa shape index (κ3) is 7.06. The normalized spacial score (nSPS) is 20.5. The summed E-state index contributed by atoms with van der Waals surface area (Å²) in [7, 11) is 0. The molecule has 0 radical (unpaired) electrons. The van der Waals surface area contributed by atoms with E-state index >= 15 is 0 Å². The predicted octanol–water partition coefficient (Wildman–Crippen LogP) is 3.49. The highest BCUT2D eigenvalue weighted by molar-refractivity contribution is 4.82. The fourth-order valence-electron chi connectivity index (χ4n) is 1.81. The lowest BCUT2D eigenvalue weighted by atomic mass is 10.1. The van der Waals surface area contributed by atoms with E-state index in [0.29, 0.717) is 0 Å². The third-order valence-corrected chi connectivity index (χ3v) is 2.90. The summed E-state index contributed by atoms with van der Waals surface area (Å²) < 4.78 is 0. The summed E-state index contributed by atoms with van der Waals surface area (Å²) in [5, 5.41) is 3.35. The zero-order chi connectivity index (χ0) is 9.36. The third-order valence-electron chi connectivity index (χ3n) is 2.90. The maximum absolute atomic E-state index is 3.35. The van der Waals surface area contributed by atoms with E-state index in [-0.39, 0.29) is 0 Å². The minimum absolute atomic E-state index is 0.903. The van der Waals surface area contributed by atoms with E-state index in [9.17, 15) is 0 Å². The Morgan fingerprint density at radius 1 is 0.923 bits per heavy atom. The molecule has 1 nitrogen and oxygen atoms in total. The minimum atomic E-state index is 0.903. The highest BCUT2D eigenvalue weighted by Crippen LogP contribution is 2.12. The first kappa shape index (κ1) is 11.0. The van der Waals surface area contributed by atoms with Crippen molar-refractivity contribution in [3.05, 3.63) is 0 Å². The van der Waals surface area contributed by atoms with Gasteiger partial charge in [0.2, 0.25) is 0 Å². The van der Waals surface area contributed by atoms with Crippen molar-refractivity contribution in [3.63, 3.8) is 0 Å². The van der Waals surface area contributed by atoms with Crippen molar-refractivity contribution in [1.29, 1.82) is 0 Å². The Labute approximate surface area is 83.3 Å². The van der Waals surface area contributed by atoms with Gasteiger partial charge < -0.3 is 5.32 Å². The number of hydrogen-bond donors (Lipinski definition) is 1. The number of rotatable bonds is 9. The van der Waals surface area contributed by atoms with Crippen LogP contribution in [0.1, 0.15) is 64.7 Å². The topological polar surface area (TPSA) is 21.9 Å². The molecule has 1 heteroatoms. The van der Waals surface area contributed by atoms with E-state index in [2.05, 4.69) is 12.2 Å². The zero-order valence-corrected chi connectivity index (χ0v) is 9.15. The van der Waals surface area contributed by atoms with E-state index < -0.39 is 0 Å². The smallest absolute Gasteiger partial charge is 0.0193 e. The van der Waals surface area contributed by atoms with Gasteiger partial charge in [-0.05, 0) is 6.42 Å². The summed E-state index contributed by atoms with van der Waals surface area (Å²) >= 11 is 0. The fourth-order valence-corrected chi connectivity index (χ4v) is 1.81. The van der Waals surface area contributed by atoms with Gasteiger partial charge in [-0.1, -0.05) is 58.3 Å². The first-order chi connectivity index (χ1) is 6.43. The fraction of sp³-hybridized carbons (Fsp3) is 1.00. The van der Waals surface area contributed by atoms with Gasteiger partial charge in [-0.2, -0.15) is 0 Å². The van der Waals surface area contributed by atoms with E-state index in [0.717, 1.165) is 6.04 Å². The molecule has 0 saturated carbocycles. The second-order valence-corrected chi connectivity index (χ2v) is 4.37. The second kappa shape index (κ2) is 7.37. The van der Waals surface area contributed by atoms with Gasteiger partial charge in [0.05, 0.1) is 0 Å². The van der Waals surface area contributed by atoms with Crippen molar-refractivity contribution >= 4 is 0 Å². The Bertz CT molecular complexity index is 108. The van der Waals surface area contributed by atoms with E-state index in [1.165, 1.54) is 64.3 Å². The van der Waals surface area contributed by atoms with Gasteiger partial charge in [0.1, 0.15) is 0 Å². The highest BCUT2D eigenvalue weighted by atomic mass is 15.1. The molecule has 0 amide bonds. The van der Waals surface area contributed by atoms with Crippen molar-refractivity contribution < 1.29 is 0 Å². The molecule has 0 aromatic heterocycles. The number of hydrogen-bond acceptors (Lipinski definition) is 1. The van der Waals surface area contributed by atoms with Gasteiger partial charge in [0.15, 0.2) is 0 Å². The van der Waals surface area contributed by atoms with Crippen molar-refractivity contribution in [2.75, 3.05) is 6.54 Å². The van der Waals surface area contributed by atoms with Crippen LogP contribution in [-0.2, 0) is 0 Å². The standard InChI is InChI=1S/C12H25N/c1-2-3-4-5-6-7-8-9-10-12-11-13-12/h12-13H,2-11H2,1H3. The molecule has 1 fully saturated rings. The van der Waals surface area contributed by atoms with Crippen LogP contribution in [0.3, 0.4) is 0 Å². The predicted molar refractivity (Wildman–Crippen MR) is 59.0 cm³/mol. The molecule has 1 heterocycles. The monoisotopic (exact) mass is 183 g/mol. The van der Waals surface area contributed by atoms with Crippen LogP contribution in [-0.4, -0.2) is 12.6 Å². The molecule has 1 N–H and O–H groups in total. The van der Waals surface area contributed by atoms with E-state index in [1.807, 2.05) is 0 Å². The molecule has 0 bridgehead atoms. The quantitative estimate of drug-likeness (QED) is 0.429. The average Bonchev–Trinajstić information content (AvgIpc) is 2.93. The Morgan fingerprint density at radius 3 is 2.00 bits per heavy atom. The molecular weight excluding hydrogens is 158 g/mol. The van der Waals surface area contributed by atoms with Crippen LogP contribution in [0.25, 0.3) is 0 Å². The number of unbranched alkanes of at least 4 members (excludes halogenated alkanes) is 7. The molecule has 1 aliphatic heterocycles. The average molecular weight is 183 g/mol. The zero-order valence-electron chi connectivity index (χ0n) is 9.15. The first-order valence-electron chi connectivity index (χ1n) is 6.17. The largest absolute Gasteiger partial charge is 0.311 e. The molecule has 1 rings (SSSR count). The SMILES string of the molecule is CCCCCCCCCCC1CN1. The lowest BCUT2D eigenvalue weighted by molar-refractivity contribution is 0.563. The summed E-state index contributed by atoms with van der Waals surface area (Å²) in [6, 6.07) is 0.903. The summed E-state index contributed by atoms with van der Waals surface area (Å²) in [4.78, 5) is 0. The summed E-state index contributed by atoms with van der Waals surface area (Å²) in [5.41, 5.74) is 0. The van der Waals surface area contributed by atoms with Gasteiger partial charge >= 0.3 is 0 Å². The molecule has 0 spiro atoms. The first-order valence-corrected chi connectivity index (χ1v) is 6.17. The van der Waals surface area contributed by atoms with Crippen molar-refractivity contribution in [1.82, 2.24) is 5.32 Å². The second-order valence-electron chi connectivity index (χ2n) is 4.37. The van der Waals surface area contributed by atoms with Crippen LogP contribution in [0, 0.1) is 0 Å². The lowest BCUT2D eigenvalue weighted by Gasteiger charge is -2.00. The molecule has 0 aliphatic carbocycles. The lowest BCUT2D eigenvalue weighted by Crippen LogP contribution is -1.89. The van der Waals surface area contributed by atoms with E-state index in [1.54, 1.807) is 0 Å². The van der Waals surface area contributed by atoms with Gasteiger partial charge in [-0.15, -0.1) is 0 Å². The van der Waals surface area contributed by atoms with Gasteiger partial charge in [-0.3, -0.25) is 0 Å². The van der Waals surface area contributed by atoms with Gasteiger partial charge in [0, 0.05) is 12.6 Å². The Balaban J connectivity index is 1.63. The van der Waals surface area contributed by atoms with Crippen molar-refractivity contribution in [2.24, 2.45) is 0 Å². The molecule has 1 unspecified atom stereocenters. The van der Waals surface area contributed by atoms with E-state index in [4.69, 9.17) is 0 Å². The van der Waals surface area contributed by atoms with Crippen LogP contribution in [0.15, 0.2) is 0 Å². The molecular formula is C12H25N. The maximum atomic E-state index is 3.35. The van der Waals surface area contributed by atoms with Crippen LogP contribution in [0.5, 0.6) is 0 Å².